The van der Waals surface area contributed by atoms with E-state index in [1.165, 1.54) is 6.07 Å². The summed E-state index contributed by atoms with van der Waals surface area (Å²) in [4.78, 5) is 15.8. The van der Waals surface area contributed by atoms with E-state index in [-0.39, 0.29) is 10.0 Å². The predicted molar refractivity (Wildman–Crippen MR) is 99.3 cm³/mol. The van der Waals surface area contributed by atoms with Crippen molar-refractivity contribution in [2.24, 2.45) is 0 Å². The molecule has 2 rings (SSSR count). The smallest absolute Gasteiger partial charge is 0.407 e. The molecule has 2 aromatic rings. The van der Waals surface area contributed by atoms with Crippen molar-refractivity contribution in [3.63, 3.8) is 0 Å². The molecule has 25 heavy (non-hydrogen) atoms. The summed E-state index contributed by atoms with van der Waals surface area (Å²) in [6.07, 6.45) is 2.27. The molecule has 4 nitrogen and oxygen atoms in total. The highest BCUT2D eigenvalue weighted by atomic mass is 35.5. The van der Waals surface area contributed by atoms with Crippen LogP contribution in [-0.2, 0) is 11.2 Å². The maximum absolute atomic E-state index is 13.9. The Kier molecular flexibility index (Phi) is 6.35. The van der Waals surface area contributed by atoms with E-state index in [9.17, 15) is 9.18 Å². The lowest BCUT2D eigenvalue weighted by Crippen LogP contribution is -2.33. The zero-order valence-electron chi connectivity index (χ0n) is 14.1. The van der Waals surface area contributed by atoms with Crippen LogP contribution < -0.4 is 5.32 Å². The third kappa shape index (κ3) is 5.09. The second-order valence-corrected chi connectivity index (χ2v) is 7.67. The Labute approximate surface area is 160 Å². The van der Waals surface area contributed by atoms with Crippen LogP contribution in [0, 0.1) is 5.82 Å². The fourth-order valence-electron chi connectivity index (χ4n) is 2.22. The number of aryl methyl sites for hydroxylation is 1. The Morgan fingerprint density at radius 1 is 1.28 bits per heavy atom. The number of fused-ring (bicyclic) bond motifs is 1. The summed E-state index contributed by atoms with van der Waals surface area (Å²) in [6, 6.07) is 1.39. The molecule has 1 aromatic heterocycles. The topological polar surface area (TPSA) is 51.2 Å². The molecular weight excluding hydrogens is 390 g/mol. The van der Waals surface area contributed by atoms with Crippen LogP contribution in [-0.4, -0.2) is 23.2 Å². The quantitative estimate of drug-likeness (QED) is 0.515. The van der Waals surface area contributed by atoms with Crippen LogP contribution in [0.15, 0.2) is 12.3 Å². The lowest BCUT2D eigenvalue weighted by Gasteiger charge is -2.19. The number of amides is 1. The minimum Gasteiger partial charge on any atom is -0.444 e. The van der Waals surface area contributed by atoms with E-state index in [0.717, 1.165) is 0 Å². The Balaban J connectivity index is 2.05. The Morgan fingerprint density at radius 2 is 1.96 bits per heavy atom. The standard InChI is InChI=1S/C17H18Cl3FN2O2/c1-17(2,3)25-16(24)22-6-4-5-9-8-23-11-7-10(18)15(21)14(20)12(11)13(9)19/h7-8H,4-6H2,1-3H3,(H,22,24). The summed E-state index contributed by atoms with van der Waals surface area (Å²) in [5, 5.41) is 3.09. The maximum Gasteiger partial charge on any atom is 0.407 e. The van der Waals surface area contributed by atoms with Gasteiger partial charge in [0.1, 0.15) is 5.60 Å². The Hall–Kier alpha value is -1.30. The average Bonchev–Trinajstić information content (AvgIpc) is 2.49. The van der Waals surface area contributed by atoms with Crippen LogP contribution in [0.1, 0.15) is 32.8 Å². The van der Waals surface area contributed by atoms with Gasteiger partial charge in [0, 0.05) is 18.1 Å². The molecule has 0 aliphatic heterocycles. The Bertz CT molecular complexity index is 807. The number of nitrogens with one attached hydrogen (secondary N) is 1. The molecule has 0 aliphatic carbocycles. The molecule has 136 valence electrons. The van der Waals surface area contributed by atoms with Crippen LogP contribution in [0.3, 0.4) is 0 Å². The summed E-state index contributed by atoms with van der Waals surface area (Å²) in [7, 11) is 0. The normalized spacial score (nSPS) is 11.6. The van der Waals surface area contributed by atoms with Crippen LogP contribution in [0.5, 0.6) is 0 Å². The van der Waals surface area contributed by atoms with Gasteiger partial charge in [0.15, 0.2) is 5.82 Å². The summed E-state index contributed by atoms with van der Waals surface area (Å²) in [5.74, 6) is -0.719. The minimum absolute atomic E-state index is 0.102. The molecule has 0 atom stereocenters. The number of carbonyl (C=O) groups excluding carboxylic acids is 1. The fourth-order valence-corrected chi connectivity index (χ4v) is 3.14. The van der Waals surface area contributed by atoms with E-state index in [4.69, 9.17) is 39.5 Å². The van der Waals surface area contributed by atoms with E-state index in [1.807, 2.05) is 0 Å². The van der Waals surface area contributed by atoms with Crippen molar-refractivity contribution < 1.29 is 13.9 Å². The molecule has 0 saturated heterocycles. The molecule has 0 unspecified atom stereocenters. The molecule has 1 amide bonds. The summed E-state index contributed by atoms with van der Waals surface area (Å²) in [6.45, 7) is 5.79. The highest BCUT2D eigenvalue weighted by Gasteiger charge is 2.17. The number of carbonyl (C=O) groups is 1. The van der Waals surface area contributed by atoms with Crippen molar-refractivity contribution in [3.05, 3.63) is 38.7 Å². The SMILES string of the molecule is CC(C)(C)OC(=O)NCCCc1cnc2cc(Cl)c(F)c(Cl)c2c1Cl. The molecule has 1 heterocycles. The van der Waals surface area contributed by atoms with Gasteiger partial charge in [-0.2, -0.15) is 0 Å². The summed E-state index contributed by atoms with van der Waals surface area (Å²) >= 11 is 18.1. The zero-order valence-corrected chi connectivity index (χ0v) is 16.3. The van der Waals surface area contributed by atoms with Gasteiger partial charge in [0.2, 0.25) is 0 Å². The van der Waals surface area contributed by atoms with Gasteiger partial charge >= 0.3 is 6.09 Å². The number of pyridine rings is 1. The van der Waals surface area contributed by atoms with E-state index in [0.29, 0.717) is 40.9 Å². The number of nitrogens with zero attached hydrogens (tertiary/aromatic N) is 1. The number of rotatable bonds is 4. The first-order valence-corrected chi connectivity index (χ1v) is 8.81. The van der Waals surface area contributed by atoms with Gasteiger partial charge in [-0.3, -0.25) is 4.98 Å². The van der Waals surface area contributed by atoms with Crippen LogP contribution in [0.4, 0.5) is 9.18 Å². The van der Waals surface area contributed by atoms with Crippen LogP contribution >= 0.6 is 34.8 Å². The number of hydrogen-bond acceptors (Lipinski definition) is 3. The van der Waals surface area contributed by atoms with E-state index >= 15 is 0 Å². The average molecular weight is 408 g/mol. The second kappa shape index (κ2) is 7.94. The fraction of sp³-hybridized carbons (Fsp3) is 0.412. The first-order valence-electron chi connectivity index (χ1n) is 7.67. The lowest BCUT2D eigenvalue weighted by atomic mass is 10.1. The van der Waals surface area contributed by atoms with Crippen LogP contribution in [0.25, 0.3) is 10.9 Å². The lowest BCUT2D eigenvalue weighted by molar-refractivity contribution is 0.0527. The molecule has 1 N–H and O–H groups in total. The Morgan fingerprint density at radius 3 is 2.60 bits per heavy atom. The van der Waals surface area contributed by atoms with E-state index in [2.05, 4.69) is 10.3 Å². The molecular formula is C17H18Cl3FN2O2. The zero-order chi connectivity index (χ0) is 18.8. The van der Waals surface area contributed by atoms with Crippen molar-refractivity contribution >= 4 is 51.8 Å². The molecule has 1 aromatic carbocycles. The van der Waals surface area contributed by atoms with Gasteiger partial charge in [-0.1, -0.05) is 34.8 Å². The van der Waals surface area contributed by atoms with Crippen molar-refractivity contribution in [3.8, 4) is 0 Å². The highest BCUT2D eigenvalue weighted by molar-refractivity contribution is 6.44. The van der Waals surface area contributed by atoms with Gasteiger partial charge < -0.3 is 10.1 Å². The molecule has 8 heteroatoms. The van der Waals surface area contributed by atoms with Crippen LogP contribution in [0.2, 0.25) is 15.1 Å². The predicted octanol–water partition coefficient (Wildman–Crippen LogP) is 5.79. The molecule has 0 radical (unpaired) electrons. The molecule has 0 saturated carbocycles. The number of halogens is 4. The first-order chi connectivity index (χ1) is 11.6. The van der Waals surface area contributed by atoms with Crippen molar-refractivity contribution in [1.82, 2.24) is 10.3 Å². The summed E-state index contributed by atoms with van der Waals surface area (Å²) in [5.41, 5.74) is 0.596. The van der Waals surface area contributed by atoms with Gasteiger partial charge in [0.05, 0.1) is 20.6 Å². The van der Waals surface area contributed by atoms with Gasteiger partial charge in [-0.15, -0.1) is 0 Å². The van der Waals surface area contributed by atoms with E-state index < -0.39 is 17.5 Å². The number of benzene rings is 1. The maximum atomic E-state index is 13.9. The van der Waals surface area contributed by atoms with Gasteiger partial charge in [-0.25, -0.2) is 9.18 Å². The number of aromatic nitrogens is 1. The molecule has 0 spiro atoms. The van der Waals surface area contributed by atoms with Gasteiger partial charge in [0.25, 0.3) is 0 Å². The number of hydrogen-bond donors (Lipinski definition) is 1. The summed E-state index contributed by atoms with van der Waals surface area (Å²) < 4.78 is 19.0. The van der Waals surface area contributed by atoms with E-state index in [1.54, 1.807) is 27.0 Å². The third-order valence-corrected chi connectivity index (χ3v) is 4.36. The minimum atomic E-state index is -0.719. The largest absolute Gasteiger partial charge is 0.444 e. The van der Waals surface area contributed by atoms with Crippen molar-refractivity contribution in [2.75, 3.05) is 6.54 Å². The molecule has 0 aliphatic rings. The highest BCUT2D eigenvalue weighted by Crippen LogP contribution is 2.36. The van der Waals surface area contributed by atoms with Gasteiger partial charge in [-0.05, 0) is 45.2 Å². The number of alkyl carbamates (subject to hydrolysis) is 1. The number of ether oxygens (including phenoxy) is 1. The van der Waals surface area contributed by atoms with Crippen molar-refractivity contribution in [1.29, 1.82) is 0 Å². The molecule has 0 fully saturated rings. The monoisotopic (exact) mass is 406 g/mol. The second-order valence-electron chi connectivity index (χ2n) is 6.51. The van der Waals surface area contributed by atoms with Crippen molar-refractivity contribution in [2.45, 2.75) is 39.2 Å². The molecule has 0 bridgehead atoms. The first kappa shape index (κ1) is 20.0. The third-order valence-electron chi connectivity index (χ3n) is 3.29.